The summed E-state index contributed by atoms with van der Waals surface area (Å²) in [5, 5.41) is 0.972. The molecule has 1 saturated heterocycles. The number of thiocarbonyl (C=S) groups is 1. The van der Waals surface area contributed by atoms with Crippen LogP contribution < -0.4 is 0 Å². The molecule has 0 aromatic rings. The summed E-state index contributed by atoms with van der Waals surface area (Å²) in [7, 11) is 0. The van der Waals surface area contributed by atoms with Gasteiger partial charge in [0.25, 0.3) is 0 Å². The van der Waals surface area contributed by atoms with Gasteiger partial charge in [-0.25, -0.2) is 0 Å². The van der Waals surface area contributed by atoms with E-state index in [9.17, 15) is 0 Å². The summed E-state index contributed by atoms with van der Waals surface area (Å²) in [5.41, 5.74) is 0.902. The van der Waals surface area contributed by atoms with E-state index in [1.54, 1.807) is 0 Å². The molecule has 1 heterocycles. The molecule has 1 nitrogen and oxygen atoms in total. The molecule has 90 valence electrons. The van der Waals surface area contributed by atoms with Crippen molar-refractivity contribution in [3.05, 3.63) is 0 Å². The van der Waals surface area contributed by atoms with Crippen LogP contribution in [0.3, 0.4) is 0 Å². The van der Waals surface area contributed by atoms with Crippen LogP contribution >= 0.6 is 12.2 Å². The highest BCUT2D eigenvalue weighted by molar-refractivity contribution is 7.80. The maximum Gasteiger partial charge on any atom is 0.166 e. The maximum atomic E-state index is 5.80. The third-order valence-electron chi connectivity index (χ3n) is 5.22. The molecule has 4 rings (SSSR count). The van der Waals surface area contributed by atoms with Gasteiger partial charge in [0, 0.05) is 10.8 Å². The molecule has 0 N–H and O–H groups in total. The first-order chi connectivity index (χ1) is 7.71. The minimum absolute atomic E-state index is 0.335. The molecule has 1 aliphatic heterocycles. The number of ether oxygens (including phenoxy) is 1. The summed E-state index contributed by atoms with van der Waals surface area (Å²) in [6.07, 6.45) is 10.9. The van der Waals surface area contributed by atoms with Gasteiger partial charge in [-0.1, -0.05) is 32.6 Å². The van der Waals surface area contributed by atoms with Crippen LogP contribution in [0.1, 0.15) is 58.3 Å². The molecule has 16 heavy (non-hydrogen) atoms. The van der Waals surface area contributed by atoms with Gasteiger partial charge >= 0.3 is 0 Å². The highest BCUT2D eigenvalue weighted by atomic mass is 32.1. The van der Waals surface area contributed by atoms with Crippen molar-refractivity contribution in [2.24, 2.45) is 16.7 Å². The summed E-state index contributed by atoms with van der Waals surface area (Å²) in [4.78, 5) is 0. The molecule has 2 heteroatoms. The zero-order valence-electron chi connectivity index (χ0n) is 10.3. The Balaban J connectivity index is 1.65. The summed E-state index contributed by atoms with van der Waals surface area (Å²) in [6, 6.07) is 0. The van der Waals surface area contributed by atoms with Crippen LogP contribution in [-0.2, 0) is 4.74 Å². The van der Waals surface area contributed by atoms with Crippen LogP contribution in [0.2, 0.25) is 0 Å². The van der Waals surface area contributed by atoms with E-state index in [0.29, 0.717) is 10.8 Å². The van der Waals surface area contributed by atoms with Crippen LogP contribution in [0.4, 0.5) is 0 Å². The second-order valence-electron chi connectivity index (χ2n) is 6.32. The molecule has 4 fully saturated rings. The van der Waals surface area contributed by atoms with Crippen molar-refractivity contribution in [2.75, 3.05) is 6.61 Å². The second kappa shape index (κ2) is 3.69. The smallest absolute Gasteiger partial charge is 0.166 e. The third kappa shape index (κ3) is 1.38. The minimum Gasteiger partial charge on any atom is -0.486 e. The Hall–Kier alpha value is -0.110. The van der Waals surface area contributed by atoms with Crippen molar-refractivity contribution in [1.82, 2.24) is 0 Å². The quantitative estimate of drug-likeness (QED) is 0.527. The fourth-order valence-corrected chi connectivity index (χ4v) is 4.77. The van der Waals surface area contributed by atoms with Crippen molar-refractivity contribution in [3.8, 4) is 0 Å². The van der Waals surface area contributed by atoms with Crippen molar-refractivity contribution >= 4 is 17.3 Å². The Morgan fingerprint density at radius 2 is 2.12 bits per heavy atom. The van der Waals surface area contributed by atoms with E-state index in [0.717, 1.165) is 17.6 Å². The maximum absolute atomic E-state index is 5.80. The van der Waals surface area contributed by atoms with E-state index in [4.69, 9.17) is 17.0 Å². The predicted molar refractivity (Wildman–Crippen MR) is 69.5 cm³/mol. The lowest BCUT2D eigenvalue weighted by Gasteiger charge is -2.36. The van der Waals surface area contributed by atoms with E-state index in [2.05, 4.69) is 6.92 Å². The van der Waals surface area contributed by atoms with Crippen LogP contribution in [0.25, 0.3) is 0 Å². The highest BCUT2D eigenvalue weighted by Crippen LogP contribution is 2.71. The van der Waals surface area contributed by atoms with E-state index in [-0.39, 0.29) is 0 Å². The topological polar surface area (TPSA) is 9.23 Å². The molecule has 0 amide bonds. The minimum atomic E-state index is 0.335. The SMILES string of the molecule is CCCCCCC12CC3(COC1=S)CC2C3. The normalized spacial score (nSPS) is 44.1. The Kier molecular flexibility index (Phi) is 2.54. The average Bonchev–Trinajstić information content (AvgIpc) is 2.65. The van der Waals surface area contributed by atoms with Gasteiger partial charge in [-0.2, -0.15) is 0 Å². The van der Waals surface area contributed by atoms with Gasteiger partial charge in [0.1, 0.15) is 0 Å². The Morgan fingerprint density at radius 1 is 1.31 bits per heavy atom. The summed E-state index contributed by atoms with van der Waals surface area (Å²) in [6.45, 7) is 3.20. The number of hydrogen-bond donors (Lipinski definition) is 0. The van der Waals surface area contributed by atoms with Crippen LogP contribution in [0, 0.1) is 16.7 Å². The molecule has 3 saturated carbocycles. The lowest BCUT2D eigenvalue weighted by atomic mass is 9.68. The number of rotatable bonds is 5. The Morgan fingerprint density at radius 3 is 2.88 bits per heavy atom. The lowest BCUT2D eigenvalue weighted by Crippen LogP contribution is -2.35. The van der Waals surface area contributed by atoms with Crippen molar-refractivity contribution in [2.45, 2.75) is 58.3 Å². The Bertz CT molecular complexity index is 306. The van der Waals surface area contributed by atoms with Crippen LogP contribution in [0.15, 0.2) is 0 Å². The van der Waals surface area contributed by atoms with Crippen LogP contribution in [-0.4, -0.2) is 11.7 Å². The average molecular weight is 238 g/mol. The lowest BCUT2D eigenvalue weighted by molar-refractivity contribution is 0.0697. The zero-order valence-corrected chi connectivity index (χ0v) is 11.1. The zero-order chi connectivity index (χ0) is 11.2. The van der Waals surface area contributed by atoms with Gasteiger partial charge in [-0.05, 0) is 43.8 Å². The van der Waals surface area contributed by atoms with E-state index >= 15 is 0 Å². The van der Waals surface area contributed by atoms with E-state index < -0.39 is 0 Å². The molecule has 3 aliphatic carbocycles. The molecule has 1 spiro atoms. The van der Waals surface area contributed by atoms with E-state index in [1.807, 2.05) is 0 Å². The van der Waals surface area contributed by atoms with Gasteiger partial charge < -0.3 is 4.74 Å². The summed E-state index contributed by atoms with van der Waals surface area (Å²) in [5.74, 6) is 0.879. The molecule has 0 radical (unpaired) electrons. The monoisotopic (exact) mass is 238 g/mol. The Labute approximate surface area is 104 Å². The number of hydrogen-bond acceptors (Lipinski definition) is 2. The first-order valence-electron chi connectivity index (χ1n) is 6.88. The van der Waals surface area contributed by atoms with Gasteiger partial charge in [-0.15, -0.1) is 0 Å². The van der Waals surface area contributed by atoms with Crippen LogP contribution in [0.5, 0.6) is 0 Å². The van der Waals surface area contributed by atoms with Gasteiger partial charge in [0.15, 0.2) is 5.05 Å². The third-order valence-corrected chi connectivity index (χ3v) is 5.75. The fraction of sp³-hybridized carbons (Fsp3) is 0.929. The molecule has 1 atom stereocenters. The van der Waals surface area contributed by atoms with Gasteiger partial charge in [0.05, 0.1) is 6.61 Å². The highest BCUT2D eigenvalue weighted by Gasteiger charge is 2.68. The standard InChI is InChI=1S/C14H22OS/c1-2-3-4-5-6-14-9-13(7-11(14)8-13)10-15-12(14)16/h11H,2-10H2,1H3. The molecule has 0 aromatic heterocycles. The molecule has 3 bridgehead atoms. The first-order valence-corrected chi connectivity index (χ1v) is 7.29. The predicted octanol–water partition coefficient (Wildman–Crippen LogP) is 4.10. The molecule has 4 aliphatic rings. The van der Waals surface area contributed by atoms with Gasteiger partial charge in [-0.3, -0.25) is 0 Å². The fourth-order valence-electron chi connectivity index (χ4n) is 4.37. The van der Waals surface area contributed by atoms with Gasteiger partial charge in [0.2, 0.25) is 0 Å². The first kappa shape index (κ1) is 11.0. The molecule has 1 unspecified atom stereocenters. The number of unbranched alkanes of at least 4 members (excludes halogenated alkanes) is 3. The summed E-state index contributed by atoms with van der Waals surface area (Å²) >= 11 is 5.52. The van der Waals surface area contributed by atoms with Crippen molar-refractivity contribution in [3.63, 3.8) is 0 Å². The second-order valence-corrected chi connectivity index (χ2v) is 6.70. The summed E-state index contributed by atoms with van der Waals surface area (Å²) < 4.78 is 5.80. The van der Waals surface area contributed by atoms with E-state index in [1.165, 1.54) is 51.4 Å². The molecular formula is C14H22OS. The van der Waals surface area contributed by atoms with Crippen molar-refractivity contribution < 1.29 is 4.74 Å². The van der Waals surface area contributed by atoms with Crippen molar-refractivity contribution in [1.29, 1.82) is 0 Å². The molecule has 0 aromatic carbocycles. The largest absolute Gasteiger partial charge is 0.486 e. The molecular weight excluding hydrogens is 216 g/mol.